The van der Waals surface area contributed by atoms with Gasteiger partial charge in [-0.15, -0.1) is 0 Å². The first-order valence-electron chi connectivity index (χ1n) is 7.65. The van der Waals surface area contributed by atoms with Crippen LogP contribution in [0, 0.1) is 25.2 Å². The predicted molar refractivity (Wildman–Crippen MR) is 88.7 cm³/mol. The number of rotatable bonds is 6. The van der Waals surface area contributed by atoms with Gasteiger partial charge in [-0.2, -0.15) is 5.26 Å². The number of sulfone groups is 1. The van der Waals surface area contributed by atoms with E-state index < -0.39 is 9.84 Å². The normalized spacial score (nSPS) is 11.4. The first-order valence-corrected chi connectivity index (χ1v) is 9.30. The zero-order valence-electron chi connectivity index (χ0n) is 13.7. The summed E-state index contributed by atoms with van der Waals surface area (Å²) in [6.07, 6.45) is 1.88. The first-order chi connectivity index (χ1) is 10.9. The fraction of sp³-hybridized carbons (Fsp3) is 0.412. The van der Waals surface area contributed by atoms with Crippen LogP contribution in [-0.4, -0.2) is 18.0 Å². The fourth-order valence-electron chi connectivity index (χ4n) is 2.47. The van der Waals surface area contributed by atoms with Crippen LogP contribution in [0.4, 0.5) is 0 Å². The Morgan fingerprint density at radius 2 is 1.96 bits per heavy atom. The highest BCUT2D eigenvalue weighted by molar-refractivity contribution is 7.90. The number of benzene rings is 1. The van der Waals surface area contributed by atoms with Crippen LogP contribution in [0.1, 0.15) is 42.3 Å². The van der Waals surface area contributed by atoms with E-state index in [-0.39, 0.29) is 10.9 Å². The standard InChI is InChI=1S/C17H21N3O2S/c1-4-5-10-20-14(3)13(2)19-17(20)23(21,22)12-16-9-7-6-8-15(16)11-18/h6-9H,4-5,10,12H2,1-3H3. The van der Waals surface area contributed by atoms with Crippen molar-refractivity contribution < 1.29 is 8.42 Å². The minimum Gasteiger partial charge on any atom is -0.319 e. The zero-order chi connectivity index (χ0) is 17.0. The van der Waals surface area contributed by atoms with Crippen LogP contribution in [-0.2, 0) is 22.1 Å². The molecule has 1 aromatic carbocycles. The Bertz CT molecular complexity index is 845. The number of hydrogen-bond acceptors (Lipinski definition) is 4. The topological polar surface area (TPSA) is 75.8 Å². The van der Waals surface area contributed by atoms with Gasteiger partial charge in [0.2, 0.25) is 15.0 Å². The molecule has 2 rings (SSSR count). The lowest BCUT2D eigenvalue weighted by Crippen LogP contribution is -2.14. The molecule has 0 N–H and O–H groups in total. The van der Waals surface area contributed by atoms with E-state index in [1.807, 2.05) is 19.9 Å². The molecule has 0 spiro atoms. The molecule has 1 heterocycles. The van der Waals surface area contributed by atoms with Gasteiger partial charge < -0.3 is 4.57 Å². The highest BCUT2D eigenvalue weighted by Gasteiger charge is 2.25. The Morgan fingerprint density at radius 1 is 1.26 bits per heavy atom. The maximum absolute atomic E-state index is 12.8. The summed E-state index contributed by atoms with van der Waals surface area (Å²) >= 11 is 0. The molecule has 0 unspecified atom stereocenters. The number of imidazole rings is 1. The first kappa shape index (κ1) is 17.2. The summed E-state index contributed by atoms with van der Waals surface area (Å²) in [5.74, 6) is -0.210. The second-order valence-corrected chi connectivity index (χ2v) is 7.48. The van der Waals surface area contributed by atoms with Gasteiger partial charge in [-0.05, 0) is 31.9 Å². The predicted octanol–water partition coefficient (Wildman–Crippen LogP) is 3.15. The molecule has 1 aromatic heterocycles. The van der Waals surface area contributed by atoms with Crippen molar-refractivity contribution in [2.24, 2.45) is 0 Å². The highest BCUT2D eigenvalue weighted by Crippen LogP contribution is 2.21. The molecule has 122 valence electrons. The minimum absolute atomic E-state index is 0.105. The molecule has 2 aromatic rings. The average molecular weight is 331 g/mol. The quantitative estimate of drug-likeness (QED) is 0.815. The maximum Gasteiger partial charge on any atom is 0.228 e. The van der Waals surface area contributed by atoms with Gasteiger partial charge in [-0.25, -0.2) is 13.4 Å². The maximum atomic E-state index is 12.8. The van der Waals surface area contributed by atoms with Crippen LogP contribution >= 0.6 is 0 Å². The summed E-state index contributed by atoms with van der Waals surface area (Å²) in [5, 5.41) is 9.24. The molecule has 0 saturated heterocycles. The number of unbranched alkanes of at least 4 members (excludes halogenated alkanes) is 1. The molecule has 0 aliphatic heterocycles. The van der Waals surface area contributed by atoms with Gasteiger partial charge in [0.15, 0.2) is 0 Å². The van der Waals surface area contributed by atoms with Crippen molar-refractivity contribution in [3.05, 3.63) is 46.8 Å². The Kier molecular flexibility index (Phi) is 5.22. The van der Waals surface area contributed by atoms with Crippen LogP contribution in [0.2, 0.25) is 0 Å². The summed E-state index contributed by atoms with van der Waals surface area (Å²) < 4.78 is 27.4. The third-order valence-electron chi connectivity index (χ3n) is 3.92. The largest absolute Gasteiger partial charge is 0.319 e. The van der Waals surface area contributed by atoms with Crippen molar-refractivity contribution in [1.29, 1.82) is 5.26 Å². The van der Waals surface area contributed by atoms with E-state index in [9.17, 15) is 8.42 Å². The van der Waals surface area contributed by atoms with Gasteiger partial charge in [0.25, 0.3) is 0 Å². The Morgan fingerprint density at radius 3 is 2.61 bits per heavy atom. The van der Waals surface area contributed by atoms with Gasteiger partial charge in [0.05, 0.1) is 23.1 Å². The van der Waals surface area contributed by atoms with Crippen LogP contribution in [0.3, 0.4) is 0 Å². The third kappa shape index (κ3) is 3.62. The monoisotopic (exact) mass is 331 g/mol. The molecule has 0 aliphatic carbocycles. The number of aryl methyl sites for hydroxylation is 1. The van der Waals surface area contributed by atoms with Gasteiger partial charge in [0, 0.05) is 12.2 Å². The molecule has 0 atom stereocenters. The van der Waals surface area contributed by atoms with Crippen molar-refractivity contribution in [2.75, 3.05) is 0 Å². The van der Waals surface area contributed by atoms with Crippen LogP contribution in [0.5, 0.6) is 0 Å². The van der Waals surface area contributed by atoms with E-state index in [0.29, 0.717) is 17.7 Å². The van der Waals surface area contributed by atoms with Crippen LogP contribution in [0.15, 0.2) is 29.4 Å². The summed E-state index contributed by atoms with van der Waals surface area (Å²) in [6.45, 7) is 6.41. The molecular weight excluding hydrogens is 310 g/mol. The molecular formula is C17H21N3O2S. The van der Waals surface area contributed by atoms with Crippen molar-refractivity contribution in [3.63, 3.8) is 0 Å². The van der Waals surface area contributed by atoms with Crippen LogP contribution < -0.4 is 0 Å². The SMILES string of the molecule is CCCCn1c(S(=O)(=O)Cc2ccccc2C#N)nc(C)c1C. The second-order valence-electron chi connectivity index (χ2n) is 5.60. The van der Waals surface area contributed by atoms with E-state index >= 15 is 0 Å². The third-order valence-corrected chi connectivity index (χ3v) is 5.48. The van der Waals surface area contributed by atoms with E-state index in [0.717, 1.165) is 24.2 Å². The van der Waals surface area contributed by atoms with E-state index in [1.165, 1.54) is 0 Å². The van der Waals surface area contributed by atoms with Crippen molar-refractivity contribution in [2.45, 2.75) is 51.1 Å². The Hall–Kier alpha value is -2.13. The van der Waals surface area contributed by atoms with E-state index in [1.54, 1.807) is 28.8 Å². The molecule has 0 radical (unpaired) electrons. The number of hydrogen-bond donors (Lipinski definition) is 0. The Labute approximate surface area is 137 Å². The van der Waals surface area contributed by atoms with Crippen molar-refractivity contribution >= 4 is 9.84 Å². The zero-order valence-corrected chi connectivity index (χ0v) is 14.5. The van der Waals surface area contributed by atoms with Crippen molar-refractivity contribution in [3.8, 4) is 6.07 Å². The number of nitrogens with zero attached hydrogens (tertiary/aromatic N) is 3. The van der Waals surface area contributed by atoms with Gasteiger partial charge in [0.1, 0.15) is 0 Å². The molecule has 0 bridgehead atoms. The minimum atomic E-state index is -3.61. The number of aromatic nitrogens is 2. The van der Waals surface area contributed by atoms with E-state index in [4.69, 9.17) is 5.26 Å². The summed E-state index contributed by atoms with van der Waals surface area (Å²) in [5.41, 5.74) is 2.50. The van der Waals surface area contributed by atoms with Crippen molar-refractivity contribution in [1.82, 2.24) is 9.55 Å². The highest BCUT2D eigenvalue weighted by atomic mass is 32.2. The van der Waals surface area contributed by atoms with Gasteiger partial charge in [-0.3, -0.25) is 0 Å². The van der Waals surface area contributed by atoms with Gasteiger partial charge in [-0.1, -0.05) is 31.5 Å². The fourth-order valence-corrected chi connectivity index (χ4v) is 4.10. The molecule has 0 amide bonds. The summed E-state index contributed by atoms with van der Waals surface area (Å²) in [6, 6.07) is 8.82. The molecule has 0 aliphatic rings. The lowest BCUT2D eigenvalue weighted by Gasteiger charge is -2.10. The molecule has 0 saturated carbocycles. The van der Waals surface area contributed by atoms with Crippen LogP contribution in [0.25, 0.3) is 0 Å². The Balaban J connectivity index is 2.44. The molecule has 6 heteroatoms. The summed E-state index contributed by atoms with van der Waals surface area (Å²) in [7, 11) is -3.61. The number of nitriles is 1. The van der Waals surface area contributed by atoms with Gasteiger partial charge >= 0.3 is 0 Å². The smallest absolute Gasteiger partial charge is 0.228 e. The lowest BCUT2D eigenvalue weighted by atomic mass is 10.1. The molecule has 0 fully saturated rings. The van der Waals surface area contributed by atoms with E-state index in [2.05, 4.69) is 11.9 Å². The molecule has 23 heavy (non-hydrogen) atoms. The second kappa shape index (κ2) is 6.97. The summed E-state index contributed by atoms with van der Waals surface area (Å²) in [4.78, 5) is 4.28. The lowest BCUT2D eigenvalue weighted by molar-refractivity contribution is 0.538. The average Bonchev–Trinajstić information content (AvgIpc) is 2.81. The molecule has 5 nitrogen and oxygen atoms in total.